The number of benzene rings is 4. The third-order valence-electron chi connectivity index (χ3n) is 10.6. The van der Waals surface area contributed by atoms with Crippen molar-refractivity contribution in [2.24, 2.45) is 5.41 Å². The van der Waals surface area contributed by atoms with Gasteiger partial charge in [0, 0.05) is 28.4 Å². The molecule has 5 rings (SSSR count). The van der Waals surface area contributed by atoms with Crippen LogP contribution >= 0.6 is 0 Å². The number of carboxylic acids is 2. The van der Waals surface area contributed by atoms with E-state index in [0.29, 0.717) is 36.6 Å². The summed E-state index contributed by atoms with van der Waals surface area (Å²) in [5, 5.41) is 24.7. The van der Waals surface area contributed by atoms with Crippen LogP contribution in [0.15, 0.2) is 82.6 Å². The molecule has 4 N–H and O–H groups in total. The molecular formula is C41H38F6N2O8S. The van der Waals surface area contributed by atoms with E-state index in [-0.39, 0.29) is 23.7 Å². The van der Waals surface area contributed by atoms with Crippen LogP contribution in [0.1, 0.15) is 104 Å². The highest BCUT2D eigenvalue weighted by molar-refractivity contribution is 7.91. The number of ketones is 1. The first-order valence-electron chi connectivity index (χ1n) is 17.8. The van der Waals surface area contributed by atoms with Crippen molar-refractivity contribution in [3.05, 3.63) is 117 Å². The van der Waals surface area contributed by atoms with Crippen LogP contribution in [0.2, 0.25) is 0 Å². The molecule has 1 aliphatic heterocycles. The van der Waals surface area contributed by atoms with Gasteiger partial charge >= 0.3 is 24.3 Å². The molecule has 0 radical (unpaired) electrons. The average Bonchev–Trinajstić information content (AvgIpc) is 3.13. The van der Waals surface area contributed by atoms with Gasteiger partial charge in [-0.15, -0.1) is 0 Å². The Morgan fingerprint density at radius 3 is 1.81 bits per heavy atom. The number of carbonyl (C=O) groups excluding carboxylic acids is 2. The lowest BCUT2D eigenvalue weighted by Crippen LogP contribution is -2.54. The summed E-state index contributed by atoms with van der Waals surface area (Å²) < 4.78 is 119. The zero-order valence-corrected chi connectivity index (χ0v) is 32.5. The smallest absolute Gasteiger partial charge is 0.411 e. The lowest BCUT2D eigenvalue weighted by atomic mass is 9.72. The highest BCUT2D eigenvalue weighted by atomic mass is 32.2. The number of fused-ring (bicyclic) bond motifs is 1. The summed E-state index contributed by atoms with van der Waals surface area (Å²) in [6.45, 7) is 7.74. The van der Waals surface area contributed by atoms with E-state index in [1.165, 1.54) is 26.8 Å². The zero-order chi connectivity index (χ0) is 43.3. The second-order valence-electron chi connectivity index (χ2n) is 14.8. The maximum absolute atomic E-state index is 15.2. The minimum atomic E-state index is -5.98. The van der Waals surface area contributed by atoms with Crippen LogP contribution in [0.25, 0.3) is 0 Å². The number of halogens is 6. The van der Waals surface area contributed by atoms with Crippen molar-refractivity contribution in [2.45, 2.75) is 87.5 Å². The summed E-state index contributed by atoms with van der Waals surface area (Å²) in [6.07, 6.45) is -10.7. The number of carbonyl (C=O) groups is 4. The van der Waals surface area contributed by atoms with Crippen LogP contribution < -0.4 is 10.6 Å². The number of sulfone groups is 1. The normalized spacial score (nSPS) is 14.9. The quantitative estimate of drug-likeness (QED) is 0.0851. The molecular weight excluding hydrogens is 795 g/mol. The zero-order valence-electron chi connectivity index (χ0n) is 31.6. The summed E-state index contributed by atoms with van der Waals surface area (Å²) in [4.78, 5) is 50.0. The first-order chi connectivity index (χ1) is 26.8. The van der Waals surface area contributed by atoms with E-state index < -0.39 is 106 Å². The number of nitrogens with one attached hydrogen (secondary N) is 2. The Bertz CT molecular complexity index is 2450. The van der Waals surface area contributed by atoms with Crippen molar-refractivity contribution in [1.29, 1.82) is 0 Å². The molecule has 1 aliphatic rings. The third kappa shape index (κ3) is 7.66. The van der Waals surface area contributed by atoms with Crippen LogP contribution in [-0.4, -0.2) is 60.7 Å². The van der Waals surface area contributed by atoms with Gasteiger partial charge in [-0.1, -0.05) is 45.0 Å². The van der Waals surface area contributed by atoms with Gasteiger partial charge in [0.1, 0.15) is 0 Å². The topological polar surface area (TPSA) is 167 Å². The fraction of sp³-hybridized carbons (Fsp3) is 0.317. The number of Topliss-reactive ketones (excluding diaryl/α,β-unsaturated/α-hetero) is 1. The minimum absolute atomic E-state index is 0.0253. The summed E-state index contributed by atoms with van der Waals surface area (Å²) in [5.74, 6) is -5.32. The fourth-order valence-corrected chi connectivity index (χ4v) is 8.14. The maximum Gasteiger partial charge on any atom is 0.411 e. The molecule has 0 fully saturated rings. The van der Waals surface area contributed by atoms with Gasteiger partial charge in [-0.3, -0.25) is 9.59 Å². The molecule has 0 saturated carbocycles. The Kier molecular flexibility index (Phi) is 11.4. The molecule has 0 aliphatic carbocycles. The Morgan fingerprint density at radius 2 is 1.28 bits per heavy atom. The van der Waals surface area contributed by atoms with E-state index in [0.717, 1.165) is 48.5 Å². The summed E-state index contributed by atoms with van der Waals surface area (Å²) in [5.41, 5.74) is -10.6. The van der Waals surface area contributed by atoms with Crippen LogP contribution in [0.3, 0.4) is 0 Å². The molecule has 308 valence electrons. The highest BCUT2D eigenvalue weighted by Crippen LogP contribution is 2.57. The largest absolute Gasteiger partial charge is 0.478 e. The van der Waals surface area contributed by atoms with Crippen LogP contribution in [0.4, 0.5) is 37.7 Å². The molecule has 1 heterocycles. The number of aromatic carboxylic acids is 2. The van der Waals surface area contributed by atoms with Gasteiger partial charge in [-0.05, 0) is 104 Å². The van der Waals surface area contributed by atoms with Gasteiger partial charge in [0.2, 0.25) is 15.3 Å². The van der Waals surface area contributed by atoms with E-state index in [2.05, 4.69) is 10.6 Å². The number of anilines is 2. The number of hydrogen-bond acceptors (Lipinski definition) is 7. The number of amides is 1. The molecule has 10 nitrogen and oxygen atoms in total. The van der Waals surface area contributed by atoms with Gasteiger partial charge < -0.3 is 20.8 Å². The van der Waals surface area contributed by atoms with E-state index in [1.807, 2.05) is 0 Å². The molecule has 4 aromatic rings. The van der Waals surface area contributed by atoms with Gasteiger partial charge in [0.25, 0.3) is 5.91 Å². The number of aryl methyl sites for hydroxylation is 2. The molecule has 0 aromatic heterocycles. The predicted octanol–water partition coefficient (Wildman–Crippen LogP) is 9.25. The number of hydrogen-bond donors (Lipinski definition) is 4. The molecule has 1 unspecified atom stereocenters. The fourth-order valence-electron chi connectivity index (χ4n) is 6.82. The SMILES string of the molecule is CCC(C)(C)C(=O)c1cc(S(=O)(=O)c2ccc(C(=O)O)c(C(=O)Nc3cc(C(c4ccc5c(c4)NC(C)CC5)(C(F)(F)F)C(F)(F)F)ccc3C)c2)ccc1C(=O)O. The molecule has 0 spiro atoms. The van der Waals surface area contributed by atoms with Crippen LogP contribution in [0.5, 0.6) is 0 Å². The lowest BCUT2D eigenvalue weighted by Gasteiger charge is -2.39. The predicted molar refractivity (Wildman–Crippen MR) is 201 cm³/mol. The second kappa shape index (κ2) is 15.2. The Morgan fingerprint density at radius 1 is 0.759 bits per heavy atom. The van der Waals surface area contributed by atoms with Crippen molar-refractivity contribution >= 4 is 44.8 Å². The monoisotopic (exact) mass is 832 g/mol. The molecule has 0 bridgehead atoms. The highest BCUT2D eigenvalue weighted by Gasteiger charge is 2.72. The standard InChI is InChI=1S/C41H38F6N2O8S/c1-6-38(4,5)34(50)30-19-26(13-15-28(30)36(52)53)58(56,57)27-14-16-29(37(54)55)31(20-27)35(51)49-32-17-24(11-7-21(32)2)39(40(42,43)44,41(45,46)47)25-12-10-23-9-8-22(3)48-33(23)18-25/h7,10-20,22,48H,6,8-9H2,1-5H3,(H,49,51)(H,52,53)(H,54,55). The molecule has 1 atom stereocenters. The first kappa shape index (κ1) is 43.4. The van der Waals surface area contributed by atoms with E-state index in [9.17, 15) is 37.8 Å². The lowest BCUT2D eigenvalue weighted by molar-refractivity contribution is -0.288. The maximum atomic E-state index is 15.2. The molecule has 4 aromatic carbocycles. The molecule has 17 heteroatoms. The number of carboxylic acid groups (broad SMARTS) is 2. The van der Waals surface area contributed by atoms with Gasteiger partial charge in [0.15, 0.2) is 5.78 Å². The van der Waals surface area contributed by atoms with Gasteiger partial charge in [0.05, 0.1) is 26.5 Å². The summed E-state index contributed by atoms with van der Waals surface area (Å²) in [7, 11) is -4.74. The Hall–Kier alpha value is -5.71. The minimum Gasteiger partial charge on any atom is -0.478 e. The Labute approximate surface area is 329 Å². The van der Waals surface area contributed by atoms with Crippen molar-refractivity contribution in [1.82, 2.24) is 0 Å². The van der Waals surface area contributed by atoms with Crippen LogP contribution in [-0.2, 0) is 21.7 Å². The van der Waals surface area contributed by atoms with Crippen molar-refractivity contribution < 1.29 is 64.2 Å². The molecule has 1 amide bonds. The number of rotatable bonds is 11. The third-order valence-corrected chi connectivity index (χ3v) is 12.4. The Balaban J connectivity index is 1.62. The van der Waals surface area contributed by atoms with Gasteiger partial charge in [-0.25, -0.2) is 18.0 Å². The van der Waals surface area contributed by atoms with Gasteiger partial charge in [-0.2, -0.15) is 26.3 Å². The van der Waals surface area contributed by atoms with Crippen LogP contribution in [0, 0.1) is 12.3 Å². The average molecular weight is 833 g/mol. The molecule has 58 heavy (non-hydrogen) atoms. The summed E-state index contributed by atoms with van der Waals surface area (Å²) >= 11 is 0. The second-order valence-corrected chi connectivity index (χ2v) is 16.7. The van der Waals surface area contributed by atoms with E-state index >= 15 is 26.3 Å². The number of alkyl halides is 6. The van der Waals surface area contributed by atoms with Crippen molar-refractivity contribution in [3.63, 3.8) is 0 Å². The van der Waals surface area contributed by atoms with E-state index in [1.54, 1.807) is 13.8 Å². The molecule has 0 saturated heterocycles. The summed E-state index contributed by atoms with van der Waals surface area (Å²) in [6, 6.07) is 9.50. The van der Waals surface area contributed by atoms with Crippen molar-refractivity contribution in [2.75, 3.05) is 10.6 Å². The first-order valence-corrected chi connectivity index (χ1v) is 19.3. The van der Waals surface area contributed by atoms with E-state index in [4.69, 9.17) is 0 Å². The van der Waals surface area contributed by atoms with Crippen molar-refractivity contribution in [3.8, 4) is 0 Å².